The summed E-state index contributed by atoms with van der Waals surface area (Å²) in [5.41, 5.74) is 0. The molecule has 0 aliphatic carbocycles. The van der Waals surface area contributed by atoms with Gasteiger partial charge in [-0.25, -0.2) is 0 Å². The topological polar surface area (TPSA) is 29.1 Å². The van der Waals surface area contributed by atoms with E-state index < -0.39 is 10.8 Å². The van der Waals surface area contributed by atoms with E-state index in [2.05, 4.69) is 19.2 Å². The third kappa shape index (κ3) is 8.01. The van der Waals surface area contributed by atoms with Crippen LogP contribution in [-0.4, -0.2) is 28.8 Å². The van der Waals surface area contributed by atoms with Crippen molar-refractivity contribution in [3.8, 4) is 0 Å². The lowest BCUT2D eigenvalue weighted by atomic mass is 10.5. The molecule has 1 N–H and O–H groups in total. The molecule has 0 radical (unpaired) electrons. The maximum atomic E-state index is 11.1. The van der Waals surface area contributed by atoms with Gasteiger partial charge in [0.2, 0.25) is 0 Å². The van der Waals surface area contributed by atoms with Crippen LogP contribution >= 0.6 is 0 Å². The van der Waals surface area contributed by atoms with Gasteiger partial charge in [-0.3, -0.25) is 4.21 Å². The van der Waals surface area contributed by atoms with Crippen molar-refractivity contribution in [2.75, 3.05) is 24.6 Å². The van der Waals surface area contributed by atoms with Gasteiger partial charge in [-0.15, -0.1) is 0 Å². The monoisotopic (exact) mass is 177 g/mol. The molecular formula is C8H19NOS. The van der Waals surface area contributed by atoms with Crippen molar-refractivity contribution in [3.05, 3.63) is 0 Å². The van der Waals surface area contributed by atoms with E-state index in [0.717, 1.165) is 37.4 Å². The summed E-state index contributed by atoms with van der Waals surface area (Å²) in [6.07, 6.45) is 2.08. The molecule has 0 aromatic rings. The van der Waals surface area contributed by atoms with Gasteiger partial charge in [0, 0.05) is 22.3 Å². The van der Waals surface area contributed by atoms with E-state index in [9.17, 15) is 4.21 Å². The van der Waals surface area contributed by atoms with Crippen LogP contribution in [-0.2, 0) is 10.8 Å². The Morgan fingerprint density at radius 2 is 2.00 bits per heavy atom. The summed E-state index contributed by atoms with van der Waals surface area (Å²) in [5.74, 6) is 1.73. The first kappa shape index (κ1) is 11.1. The Balaban J connectivity index is 3.04. The van der Waals surface area contributed by atoms with Crippen molar-refractivity contribution in [2.45, 2.75) is 26.7 Å². The minimum Gasteiger partial charge on any atom is -0.317 e. The molecule has 0 heterocycles. The molecule has 1 atom stereocenters. The molecule has 0 aromatic carbocycles. The summed E-state index contributed by atoms with van der Waals surface area (Å²) in [7, 11) is -0.564. The van der Waals surface area contributed by atoms with Crippen molar-refractivity contribution in [1.82, 2.24) is 5.32 Å². The largest absolute Gasteiger partial charge is 0.317 e. The van der Waals surface area contributed by atoms with E-state index in [4.69, 9.17) is 0 Å². The second-order valence-corrected chi connectivity index (χ2v) is 4.25. The highest BCUT2D eigenvalue weighted by Crippen LogP contribution is 1.89. The predicted molar refractivity (Wildman–Crippen MR) is 51.3 cm³/mol. The molecule has 0 spiro atoms. The van der Waals surface area contributed by atoms with E-state index in [0.29, 0.717) is 0 Å². The van der Waals surface area contributed by atoms with Crippen molar-refractivity contribution in [2.24, 2.45) is 0 Å². The number of hydrogen-bond donors (Lipinski definition) is 1. The highest BCUT2D eigenvalue weighted by Gasteiger charge is 1.95. The second-order valence-electron chi connectivity index (χ2n) is 2.56. The molecule has 68 valence electrons. The summed E-state index contributed by atoms with van der Waals surface area (Å²) in [4.78, 5) is 0. The minimum absolute atomic E-state index is 0.564. The molecule has 0 fully saturated rings. The van der Waals surface area contributed by atoms with Gasteiger partial charge in [-0.1, -0.05) is 13.8 Å². The first-order valence-electron chi connectivity index (χ1n) is 4.37. The summed E-state index contributed by atoms with van der Waals surface area (Å²) < 4.78 is 11.1. The van der Waals surface area contributed by atoms with Crippen LogP contribution in [0.2, 0.25) is 0 Å². The quantitative estimate of drug-likeness (QED) is 0.591. The van der Waals surface area contributed by atoms with Crippen molar-refractivity contribution >= 4 is 10.8 Å². The molecule has 3 heteroatoms. The average molecular weight is 177 g/mol. The molecule has 11 heavy (non-hydrogen) atoms. The molecule has 0 bridgehead atoms. The zero-order valence-corrected chi connectivity index (χ0v) is 8.38. The Morgan fingerprint density at radius 1 is 1.27 bits per heavy atom. The van der Waals surface area contributed by atoms with E-state index in [1.807, 2.05) is 0 Å². The Morgan fingerprint density at radius 3 is 2.55 bits per heavy atom. The van der Waals surface area contributed by atoms with Gasteiger partial charge in [0.05, 0.1) is 0 Å². The first-order chi connectivity index (χ1) is 5.31. The molecule has 0 aliphatic heterocycles. The fraction of sp³-hybridized carbons (Fsp3) is 1.00. The lowest BCUT2D eigenvalue weighted by Crippen LogP contribution is -2.16. The van der Waals surface area contributed by atoms with Crippen LogP contribution in [0, 0.1) is 0 Å². The third-order valence-electron chi connectivity index (χ3n) is 1.41. The van der Waals surface area contributed by atoms with Gasteiger partial charge >= 0.3 is 0 Å². The highest BCUT2D eigenvalue weighted by atomic mass is 32.2. The Kier molecular flexibility index (Phi) is 8.29. The van der Waals surface area contributed by atoms with Crippen molar-refractivity contribution in [1.29, 1.82) is 0 Å². The van der Waals surface area contributed by atoms with E-state index in [1.165, 1.54) is 0 Å². The Bertz CT molecular complexity index is 106. The molecule has 0 saturated heterocycles. The predicted octanol–water partition coefficient (Wildman–Crippen LogP) is 1.14. The zero-order valence-electron chi connectivity index (χ0n) is 7.56. The number of nitrogens with one attached hydrogen (secondary N) is 1. The Labute approximate surface area is 72.2 Å². The summed E-state index contributed by atoms with van der Waals surface area (Å²) in [6, 6.07) is 0. The van der Waals surface area contributed by atoms with Crippen molar-refractivity contribution in [3.63, 3.8) is 0 Å². The fourth-order valence-corrected chi connectivity index (χ4v) is 1.99. The van der Waals surface area contributed by atoms with E-state index in [1.54, 1.807) is 0 Å². The maximum Gasteiger partial charge on any atom is 0.0246 e. The van der Waals surface area contributed by atoms with E-state index >= 15 is 0 Å². The van der Waals surface area contributed by atoms with Crippen LogP contribution in [0.25, 0.3) is 0 Å². The van der Waals surface area contributed by atoms with Gasteiger partial charge < -0.3 is 5.32 Å². The summed E-state index contributed by atoms with van der Waals surface area (Å²) in [5, 5.41) is 3.21. The summed E-state index contributed by atoms with van der Waals surface area (Å²) in [6.45, 7) is 6.18. The van der Waals surface area contributed by atoms with Crippen molar-refractivity contribution < 1.29 is 4.21 Å². The fourth-order valence-electron chi connectivity index (χ4n) is 0.865. The zero-order chi connectivity index (χ0) is 8.53. The Hall–Kier alpha value is 0.110. The number of hydrogen-bond acceptors (Lipinski definition) is 2. The van der Waals surface area contributed by atoms with Crippen LogP contribution in [0.5, 0.6) is 0 Å². The minimum atomic E-state index is -0.564. The second kappa shape index (κ2) is 8.21. The molecule has 1 unspecified atom stereocenters. The molecule has 0 rings (SSSR count). The lowest BCUT2D eigenvalue weighted by Gasteiger charge is -2.00. The SMILES string of the molecule is CCCS(=O)CCCNCC. The standard InChI is InChI=1S/C8H19NOS/c1-3-7-11(10)8-5-6-9-4-2/h9H,3-8H2,1-2H3. The lowest BCUT2D eigenvalue weighted by molar-refractivity contribution is 0.669. The van der Waals surface area contributed by atoms with Gasteiger partial charge in [-0.2, -0.15) is 0 Å². The normalized spacial score (nSPS) is 13.3. The molecule has 0 amide bonds. The molecule has 2 nitrogen and oxygen atoms in total. The summed E-state index contributed by atoms with van der Waals surface area (Å²) >= 11 is 0. The molecule has 0 aromatic heterocycles. The van der Waals surface area contributed by atoms with Crippen LogP contribution in [0.15, 0.2) is 0 Å². The van der Waals surface area contributed by atoms with Gasteiger partial charge in [0.15, 0.2) is 0 Å². The van der Waals surface area contributed by atoms with Crippen LogP contribution in [0.3, 0.4) is 0 Å². The van der Waals surface area contributed by atoms with Crippen LogP contribution in [0.1, 0.15) is 26.7 Å². The van der Waals surface area contributed by atoms with Gasteiger partial charge in [-0.05, 0) is 25.9 Å². The average Bonchev–Trinajstić information content (AvgIpc) is 1.99. The third-order valence-corrected chi connectivity index (χ3v) is 3.01. The molecule has 0 saturated carbocycles. The smallest absolute Gasteiger partial charge is 0.0246 e. The van der Waals surface area contributed by atoms with Gasteiger partial charge in [0.1, 0.15) is 0 Å². The van der Waals surface area contributed by atoms with E-state index in [-0.39, 0.29) is 0 Å². The van der Waals surface area contributed by atoms with Crippen LogP contribution in [0.4, 0.5) is 0 Å². The van der Waals surface area contributed by atoms with Gasteiger partial charge in [0.25, 0.3) is 0 Å². The number of rotatable bonds is 7. The van der Waals surface area contributed by atoms with Crippen LogP contribution < -0.4 is 5.32 Å². The first-order valence-corrected chi connectivity index (χ1v) is 5.85. The highest BCUT2D eigenvalue weighted by molar-refractivity contribution is 7.84. The maximum absolute atomic E-state index is 11.1. The molecular weight excluding hydrogens is 158 g/mol. The molecule has 0 aliphatic rings.